The quantitative estimate of drug-likeness (QED) is 0.912. The number of nitrogens with one attached hydrogen (secondary N) is 1. The van der Waals surface area contributed by atoms with Gasteiger partial charge in [0.15, 0.2) is 0 Å². The molecule has 2 aromatic carbocycles. The van der Waals surface area contributed by atoms with Crippen LogP contribution in [0.25, 0.3) is 0 Å². The Balaban J connectivity index is 1.80. The van der Waals surface area contributed by atoms with Crippen LogP contribution in [-0.2, 0) is 13.0 Å². The largest absolute Gasteiger partial charge is 0.338 e. The molecule has 0 atom stereocenters. The lowest BCUT2D eigenvalue weighted by atomic mass is 10.1. The maximum atomic E-state index is 12.1. The second-order valence-corrected chi connectivity index (χ2v) is 5.71. The van der Waals surface area contributed by atoms with Crippen molar-refractivity contribution in [2.24, 2.45) is 0 Å². The van der Waals surface area contributed by atoms with Gasteiger partial charge in [-0.05, 0) is 41.8 Å². The summed E-state index contributed by atoms with van der Waals surface area (Å²) in [5, 5.41) is 12.5. The third kappa shape index (κ3) is 5.32. The first-order valence-electron chi connectivity index (χ1n) is 7.31. The van der Waals surface area contributed by atoms with Crippen molar-refractivity contribution in [3.63, 3.8) is 0 Å². The molecule has 0 bridgehead atoms. The predicted molar refractivity (Wildman–Crippen MR) is 91.2 cm³/mol. The second-order valence-electron chi connectivity index (χ2n) is 5.28. The molecule has 2 rings (SSSR count). The number of benzene rings is 2. The molecule has 5 heteroatoms. The van der Waals surface area contributed by atoms with Gasteiger partial charge in [-0.2, -0.15) is 5.26 Å². The average Bonchev–Trinajstić information content (AvgIpc) is 2.56. The molecule has 2 amide bonds. The summed E-state index contributed by atoms with van der Waals surface area (Å²) >= 11 is 5.84. The van der Waals surface area contributed by atoms with Crippen molar-refractivity contribution in [1.82, 2.24) is 10.2 Å². The Bertz CT molecular complexity index is 707. The molecule has 0 spiro atoms. The fourth-order valence-corrected chi connectivity index (χ4v) is 2.31. The number of hydrogen-bond donors (Lipinski definition) is 1. The summed E-state index contributed by atoms with van der Waals surface area (Å²) in [6.07, 6.45) is 0.751. The molecule has 0 aliphatic carbocycles. The zero-order chi connectivity index (χ0) is 16.7. The van der Waals surface area contributed by atoms with E-state index in [4.69, 9.17) is 16.9 Å². The zero-order valence-corrected chi connectivity index (χ0v) is 13.7. The van der Waals surface area contributed by atoms with Crippen LogP contribution < -0.4 is 5.32 Å². The van der Waals surface area contributed by atoms with Crippen molar-refractivity contribution in [2.45, 2.75) is 13.0 Å². The highest BCUT2D eigenvalue weighted by Crippen LogP contribution is 2.10. The fourth-order valence-electron chi connectivity index (χ4n) is 2.18. The first kappa shape index (κ1) is 16.9. The van der Waals surface area contributed by atoms with E-state index in [0.29, 0.717) is 23.7 Å². The van der Waals surface area contributed by atoms with E-state index in [-0.39, 0.29) is 6.03 Å². The van der Waals surface area contributed by atoms with E-state index in [1.807, 2.05) is 36.4 Å². The van der Waals surface area contributed by atoms with Gasteiger partial charge in [-0.1, -0.05) is 35.9 Å². The normalized spacial score (nSPS) is 9.96. The fraction of sp³-hybridized carbons (Fsp3) is 0.222. The molecule has 0 heterocycles. The number of carbonyl (C=O) groups excluding carboxylic acids is 1. The van der Waals surface area contributed by atoms with Crippen LogP contribution in [0, 0.1) is 11.3 Å². The number of carbonyl (C=O) groups is 1. The summed E-state index contributed by atoms with van der Waals surface area (Å²) in [5.41, 5.74) is 2.65. The summed E-state index contributed by atoms with van der Waals surface area (Å²) in [6, 6.07) is 16.8. The minimum atomic E-state index is -0.138. The highest BCUT2D eigenvalue weighted by Gasteiger charge is 2.08. The molecule has 0 radical (unpaired) electrons. The second kappa shape index (κ2) is 8.21. The Morgan fingerprint density at radius 3 is 2.65 bits per heavy atom. The van der Waals surface area contributed by atoms with Gasteiger partial charge in [-0.15, -0.1) is 0 Å². The Labute approximate surface area is 141 Å². The van der Waals surface area contributed by atoms with Crippen molar-refractivity contribution in [2.75, 3.05) is 13.6 Å². The molecule has 0 aliphatic rings. The van der Waals surface area contributed by atoms with E-state index in [1.54, 1.807) is 24.1 Å². The summed E-state index contributed by atoms with van der Waals surface area (Å²) in [5.74, 6) is 0. The maximum absolute atomic E-state index is 12.1. The van der Waals surface area contributed by atoms with Crippen LogP contribution in [0.3, 0.4) is 0 Å². The Morgan fingerprint density at radius 1 is 1.22 bits per heavy atom. The van der Waals surface area contributed by atoms with Gasteiger partial charge in [0, 0.05) is 25.2 Å². The molecule has 1 N–H and O–H groups in total. The van der Waals surface area contributed by atoms with E-state index >= 15 is 0 Å². The van der Waals surface area contributed by atoms with Crippen LogP contribution in [0.5, 0.6) is 0 Å². The number of amides is 2. The van der Waals surface area contributed by atoms with Crippen molar-refractivity contribution in [3.8, 4) is 6.07 Å². The maximum Gasteiger partial charge on any atom is 0.317 e. The van der Waals surface area contributed by atoms with Gasteiger partial charge in [0.25, 0.3) is 0 Å². The highest BCUT2D eigenvalue weighted by atomic mass is 35.5. The monoisotopic (exact) mass is 327 g/mol. The molecular weight excluding hydrogens is 310 g/mol. The molecule has 4 nitrogen and oxygen atoms in total. The molecule has 2 aromatic rings. The van der Waals surface area contributed by atoms with Crippen molar-refractivity contribution in [1.29, 1.82) is 5.26 Å². The van der Waals surface area contributed by atoms with Crippen molar-refractivity contribution < 1.29 is 4.79 Å². The van der Waals surface area contributed by atoms with Gasteiger partial charge >= 0.3 is 6.03 Å². The Hall–Kier alpha value is -2.51. The highest BCUT2D eigenvalue weighted by molar-refractivity contribution is 6.30. The summed E-state index contributed by atoms with van der Waals surface area (Å²) in [7, 11) is 1.73. The summed E-state index contributed by atoms with van der Waals surface area (Å²) in [6.45, 7) is 1.02. The molecular formula is C18H18ClN3O. The van der Waals surface area contributed by atoms with E-state index < -0.39 is 0 Å². The molecule has 0 saturated heterocycles. The minimum absolute atomic E-state index is 0.138. The number of urea groups is 1. The van der Waals surface area contributed by atoms with Gasteiger partial charge in [-0.25, -0.2) is 4.79 Å². The van der Waals surface area contributed by atoms with E-state index in [2.05, 4.69) is 11.4 Å². The average molecular weight is 328 g/mol. The first-order chi connectivity index (χ1) is 11.1. The smallest absolute Gasteiger partial charge is 0.317 e. The molecule has 0 unspecified atom stereocenters. The standard InChI is InChI=1S/C18H18ClN3O/c1-22(13-16-4-2-3-15(11-16)12-20)18(23)21-10-9-14-5-7-17(19)8-6-14/h2-8,11H,9-10,13H2,1H3,(H,21,23). The lowest BCUT2D eigenvalue weighted by Gasteiger charge is -2.18. The van der Waals surface area contributed by atoms with E-state index in [1.165, 1.54) is 0 Å². The van der Waals surface area contributed by atoms with Crippen LogP contribution in [0.15, 0.2) is 48.5 Å². The number of nitrogens with zero attached hydrogens (tertiary/aromatic N) is 2. The number of nitriles is 1. The number of rotatable bonds is 5. The van der Waals surface area contributed by atoms with E-state index in [9.17, 15) is 4.79 Å². The lowest BCUT2D eigenvalue weighted by molar-refractivity contribution is 0.207. The van der Waals surface area contributed by atoms with Crippen LogP contribution in [0.1, 0.15) is 16.7 Å². The van der Waals surface area contributed by atoms with Crippen LogP contribution >= 0.6 is 11.6 Å². The molecule has 0 aliphatic heterocycles. The van der Waals surface area contributed by atoms with Gasteiger partial charge in [0.05, 0.1) is 11.6 Å². The van der Waals surface area contributed by atoms with Crippen molar-refractivity contribution in [3.05, 3.63) is 70.2 Å². The first-order valence-corrected chi connectivity index (χ1v) is 7.69. The molecule has 118 valence electrons. The third-order valence-corrected chi connectivity index (χ3v) is 3.68. The minimum Gasteiger partial charge on any atom is -0.338 e. The molecule has 0 aromatic heterocycles. The lowest BCUT2D eigenvalue weighted by Crippen LogP contribution is -2.37. The molecule has 0 fully saturated rings. The summed E-state index contributed by atoms with van der Waals surface area (Å²) < 4.78 is 0. The van der Waals surface area contributed by atoms with Gasteiger partial charge in [0.1, 0.15) is 0 Å². The predicted octanol–water partition coefficient (Wildman–Crippen LogP) is 3.60. The van der Waals surface area contributed by atoms with Gasteiger partial charge < -0.3 is 10.2 Å². The van der Waals surface area contributed by atoms with Crippen LogP contribution in [0.2, 0.25) is 5.02 Å². The zero-order valence-electron chi connectivity index (χ0n) is 12.9. The van der Waals surface area contributed by atoms with Gasteiger partial charge in [-0.3, -0.25) is 0 Å². The topological polar surface area (TPSA) is 56.1 Å². The van der Waals surface area contributed by atoms with Crippen LogP contribution in [0.4, 0.5) is 4.79 Å². The SMILES string of the molecule is CN(Cc1cccc(C#N)c1)C(=O)NCCc1ccc(Cl)cc1. The van der Waals surface area contributed by atoms with Crippen LogP contribution in [-0.4, -0.2) is 24.5 Å². The Morgan fingerprint density at radius 2 is 1.96 bits per heavy atom. The molecule has 0 saturated carbocycles. The summed E-state index contributed by atoms with van der Waals surface area (Å²) in [4.78, 5) is 13.7. The van der Waals surface area contributed by atoms with Gasteiger partial charge in [0.2, 0.25) is 0 Å². The van der Waals surface area contributed by atoms with Crippen molar-refractivity contribution >= 4 is 17.6 Å². The molecule has 23 heavy (non-hydrogen) atoms. The number of halogens is 1. The Kier molecular flexibility index (Phi) is 6.02. The van der Waals surface area contributed by atoms with E-state index in [0.717, 1.165) is 17.5 Å². The third-order valence-electron chi connectivity index (χ3n) is 3.43. The number of hydrogen-bond acceptors (Lipinski definition) is 2.